The summed E-state index contributed by atoms with van der Waals surface area (Å²) < 4.78 is 25.5. The first-order valence-electron chi connectivity index (χ1n) is 4.47. The molecule has 0 aliphatic carbocycles. The minimum absolute atomic E-state index is 0.313. The first kappa shape index (κ1) is 11.5. The molecule has 0 nitrogen and oxygen atoms in total. The summed E-state index contributed by atoms with van der Waals surface area (Å²) in [5, 5.41) is 0.313. The van der Waals surface area contributed by atoms with Gasteiger partial charge in [-0.25, -0.2) is 8.78 Å². The third-order valence-electron chi connectivity index (χ3n) is 1.72. The summed E-state index contributed by atoms with van der Waals surface area (Å²) in [5.74, 6) is -0.173. The van der Waals surface area contributed by atoms with Gasteiger partial charge in [-0.05, 0) is 36.8 Å². The van der Waals surface area contributed by atoms with Gasteiger partial charge in [0.05, 0.1) is 0 Å². The molecule has 14 heavy (non-hydrogen) atoms. The van der Waals surface area contributed by atoms with Crippen LogP contribution in [0.4, 0.5) is 8.78 Å². The van der Waals surface area contributed by atoms with E-state index >= 15 is 0 Å². The van der Waals surface area contributed by atoms with E-state index in [-0.39, 0.29) is 0 Å². The molecular formula is C11H13F2S. The summed E-state index contributed by atoms with van der Waals surface area (Å²) in [6.07, 6.45) is 0.680. The van der Waals surface area contributed by atoms with Crippen LogP contribution in [0.15, 0.2) is 18.2 Å². The Labute approximate surface area is 87.7 Å². The van der Waals surface area contributed by atoms with Gasteiger partial charge in [-0.15, -0.1) is 0 Å². The molecule has 0 amide bonds. The molecule has 0 saturated heterocycles. The smallest absolute Gasteiger partial charge is 0.126 e. The van der Waals surface area contributed by atoms with E-state index in [2.05, 4.69) is 6.92 Å². The van der Waals surface area contributed by atoms with Crippen LogP contribution in [0.25, 0.3) is 0 Å². The molecule has 0 aliphatic rings. The summed E-state index contributed by atoms with van der Waals surface area (Å²) in [6, 6.07) is 3.63. The zero-order valence-corrected chi connectivity index (χ0v) is 8.91. The fourth-order valence-electron chi connectivity index (χ4n) is 1.13. The summed E-state index contributed by atoms with van der Waals surface area (Å²) in [6.45, 7) is 5.82. The van der Waals surface area contributed by atoms with Gasteiger partial charge in [0.15, 0.2) is 0 Å². The Bertz CT molecular complexity index is 277. The lowest BCUT2D eigenvalue weighted by Gasteiger charge is -2.04. The van der Waals surface area contributed by atoms with Gasteiger partial charge < -0.3 is 0 Å². The monoisotopic (exact) mass is 215 g/mol. The number of aryl methyl sites for hydroxylation is 1. The van der Waals surface area contributed by atoms with Gasteiger partial charge in [-0.3, -0.25) is 0 Å². The van der Waals surface area contributed by atoms with Crippen molar-refractivity contribution in [2.75, 3.05) is 5.75 Å². The maximum absolute atomic E-state index is 12.8. The number of hydrogen-bond acceptors (Lipinski definition) is 1. The second-order valence-corrected chi connectivity index (χ2v) is 4.76. The number of benzene rings is 1. The van der Waals surface area contributed by atoms with Crippen LogP contribution in [-0.4, -0.2) is 11.0 Å². The second-order valence-electron chi connectivity index (χ2n) is 3.21. The van der Waals surface area contributed by atoms with Crippen molar-refractivity contribution in [1.82, 2.24) is 0 Å². The highest BCUT2D eigenvalue weighted by Crippen LogP contribution is 2.14. The van der Waals surface area contributed by atoms with Crippen LogP contribution in [0.2, 0.25) is 0 Å². The van der Waals surface area contributed by atoms with Gasteiger partial charge in [0.2, 0.25) is 0 Å². The molecule has 1 unspecified atom stereocenters. The average Bonchev–Trinajstić information content (AvgIpc) is 2.01. The average molecular weight is 215 g/mol. The zero-order chi connectivity index (χ0) is 10.6. The number of halogens is 2. The van der Waals surface area contributed by atoms with E-state index in [4.69, 9.17) is 0 Å². The molecule has 0 fully saturated rings. The molecule has 0 heterocycles. The topological polar surface area (TPSA) is 0 Å². The maximum Gasteiger partial charge on any atom is 0.126 e. The predicted octanol–water partition coefficient (Wildman–Crippen LogP) is 3.46. The first-order valence-corrected chi connectivity index (χ1v) is 5.52. The van der Waals surface area contributed by atoms with Crippen LogP contribution in [0.1, 0.15) is 12.5 Å². The van der Waals surface area contributed by atoms with E-state index in [9.17, 15) is 8.78 Å². The minimum atomic E-state index is -0.507. The molecule has 0 bridgehead atoms. The highest BCUT2D eigenvalue weighted by Gasteiger charge is 2.01. The summed E-state index contributed by atoms with van der Waals surface area (Å²) in [5.41, 5.74) is 0.704. The van der Waals surface area contributed by atoms with Gasteiger partial charge in [0.1, 0.15) is 11.6 Å². The quantitative estimate of drug-likeness (QED) is 0.741. The third kappa shape index (κ3) is 4.09. The molecule has 1 radical (unpaired) electrons. The number of hydrogen-bond donors (Lipinski definition) is 0. The van der Waals surface area contributed by atoms with E-state index in [0.717, 1.165) is 11.8 Å². The summed E-state index contributed by atoms with van der Waals surface area (Å²) in [4.78, 5) is 0. The SMILES string of the molecule is [CH2]C(C)SCCc1cc(F)cc(F)c1. The first-order chi connectivity index (χ1) is 6.58. The second kappa shape index (κ2) is 5.35. The molecule has 0 aromatic heterocycles. The van der Waals surface area contributed by atoms with Crippen molar-refractivity contribution >= 4 is 11.8 Å². The van der Waals surface area contributed by atoms with Crippen molar-refractivity contribution in [3.8, 4) is 0 Å². The Morgan fingerprint density at radius 1 is 1.29 bits per heavy atom. The Kier molecular flexibility index (Phi) is 4.39. The standard InChI is InChI=1S/C11H13F2S/c1-8(2)14-4-3-9-5-10(12)7-11(13)6-9/h5-8H,1,3-4H2,2H3. The van der Waals surface area contributed by atoms with E-state index < -0.39 is 11.6 Å². The van der Waals surface area contributed by atoms with Gasteiger partial charge in [-0.2, -0.15) is 11.8 Å². The molecule has 0 saturated carbocycles. The van der Waals surface area contributed by atoms with Crippen molar-refractivity contribution in [3.05, 3.63) is 42.3 Å². The normalized spacial score (nSPS) is 10.9. The summed E-state index contributed by atoms with van der Waals surface area (Å²) in [7, 11) is 0. The Balaban J connectivity index is 2.50. The third-order valence-corrected chi connectivity index (χ3v) is 2.72. The lowest BCUT2D eigenvalue weighted by atomic mass is 10.2. The van der Waals surface area contributed by atoms with Crippen LogP contribution in [0.5, 0.6) is 0 Å². The molecule has 1 aromatic rings. The van der Waals surface area contributed by atoms with Gasteiger partial charge in [-0.1, -0.05) is 6.92 Å². The van der Waals surface area contributed by atoms with Crippen LogP contribution in [0, 0.1) is 18.6 Å². The molecule has 0 N–H and O–H groups in total. The van der Waals surface area contributed by atoms with E-state index in [1.165, 1.54) is 12.1 Å². The largest absolute Gasteiger partial charge is 0.207 e. The molecule has 1 atom stereocenters. The molecular weight excluding hydrogens is 202 g/mol. The van der Waals surface area contributed by atoms with Gasteiger partial charge >= 0.3 is 0 Å². The predicted molar refractivity (Wildman–Crippen MR) is 57.3 cm³/mol. The Morgan fingerprint density at radius 2 is 1.86 bits per heavy atom. The lowest BCUT2D eigenvalue weighted by Crippen LogP contribution is -1.95. The Morgan fingerprint density at radius 3 is 2.36 bits per heavy atom. The van der Waals surface area contributed by atoms with E-state index in [1.54, 1.807) is 11.8 Å². The fourth-order valence-corrected chi connectivity index (χ4v) is 1.89. The molecule has 0 aliphatic heterocycles. The molecule has 3 heteroatoms. The number of thioether (sulfide) groups is 1. The fraction of sp³-hybridized carbons (Fsp3) is 0.364. The molecule has 1 rings (SSSR count). The van der Waals surface area contributed by atoms with Crippen molar-refractivity contribution in [1.29, 1.82) is 0 Å². The highest BCUT2D eigenvalue weighted by molar-refractivity contribution is 7.99. The van der Waals surface area contributed by atoms with Crippen molar-refractivity contribution in [2.45, 2.75) is 18.6 Å². The van der Waals surface area contributed by atoms with Gasteiger partial charge in [0, 0.05) is 11.3 Å². The van der Waals surface area contributed by atoms with Crippen molar-refractivity contribution in [2.24, 2.45) is 0 Å². The molecule has 77 valence electrons. The zero-order valence-electron chi connectivity index (χ0n) is 8.09. The van der Waals surface area contributed by atoms with Crippen molar-refractivity contribution < 1.29 is 8.78 Å². The lowest BCUT2D eigenvalue weighted by molar-refractivity contribution is 0.580. The van der Waals surface area contributed by atoms with Crippen LogP contribution in [0.3, 0.4) is 0 Å². The van der Waals surface area contributed by atoms with E-state index in [0.29, 0.717) is 17.2 Å². The van der Waals surface area contributed by atoms with Crippen LogP contribution >= 0.6 is 11.8 Å². The minimum Gasteiger partial charge on any atom is -0.207 e. The maximum atomic E-state index is 12.8. The van der Waals surface area contributed by atoms with Crippen LogP contribution < -0.4 is 0 Å². The molecule has 1 aromatic carbocycles. The van der Waals surface area contributed by atoms with Gasteiger partial charge in [0.25, 0.3) is 0 Å². The van der Waals surface area contributed by atoms with Crippen molar-refractivity contribution in [3.63, 3.8) is 0 Å². The summed E-state index contributed by atoms with van der Waals surface area (Å²) >= 11 is 1.68. The Hall–Kier alpha value is -0.570. The highest BCUT2D eigenvalue weighted by atomic mass is 32.2. The molecule has 0 spiro atoms. The van der Waals surface area contributed by atoms with E-state index in [1.807, 2.05) is 6.92 Å². The van der Waals surface area contributed by atoms with Crippen LogP contribution in [-0.2, 0) is 6.42 Å². The number of rotatable bonds is 4.